The van der Waals surface area contributed by atoms with Crippen LogP contribution >= 0.6 is 0 Å². The number of anilines is 2. The van der Waals surface area contributed by atoms with Gasteiger partial charge in [-0.05, 0) is 69.1 Å². The van der Waals surface area contributed by atoms with Crippen LogP contribution in [0.2, 0.25) is 0 Å². The average Bonchev–Trinajstić information content (AvgIpc) is 3.04. The second-order valence-corrected chi connectivity index (χ2v) is 9.40. The summed E-state index contributed by atoms with van der Waals surface area (Å²) in [6.07, 6.45) is 5.55. The number of rotatable bonds is 6. The largest absolute Gasteiger partial charge is 0.449 e. The number of carbonyl (C=O) groups excluding carboxylic acids is 2. The molecule has 176 valence electrons. The van der Waals surface area contributed by atoms with Crippen LogP contribution in [0.1, 0.15) is 58.3 Å². The zero-order valence-corrected chi connectivity index (χ0v) is 18.8. The van der Waals surface area contributed by atoms with E-state index in [0.29, 0.717) is 43.8 Å². The Hall–Kier alpha value is -2.35. The van der Waals surface area contributed by atoms with E-state index in [9.17, 15) is 19.1 Å². The summed E-state index contributed by atoms with van der Waals surface area (Å²) in [6, 6.07) is 5.03. The van der Waals surface area contributed by atoms with Crippen molar-refractivity contribution >= 4 is 23.4 Å². The molecule has 0 saturated carbocycles. The van der Waals surface area contributed by atoms with Gasteiger partial charge in [-0.3, -0.25) is 10.1 Å². The topological polar surface area (TPSA) is 82.1 Å². The number of hydrogen-bond donors (Lipinski definition) is 2. The van der Waals surface area contributed by atoms with E-state index in [0.717, 1.165) is 38.6 Å². The Labute approximate surface area is 188 Å². The molecule has 2 bridgehead atoms. The number of carbonyl (C=O) groups is 2. The van der Waals surface area contributed by atoms with E-state index in [1.54, 1.807) is 12.1 Å². The van der Waals surface area contributed by atoms with Gasteiger partial charge in [0, 0.05) is 37.3 Å². The second kappa shape index (κ2) is 10.1. The predicted octanol–water partition coefficient (Wildman–Crippen LogP) is 3.91. The summed E-state index contributed by atoms with van der Waals surface area (Å²) >= 11 is 0. The van der Waals surface area contributed by atoms with Gasteiger partial charge in [0.15, 0.2) is 0 Å². The van der Waals surface area contributed by atoms with Gasteiger partial charge in [0.25, 0.3) is 0 Å². The summed E-state index contributed by atoms with van der Waals surface area (Å²) in [7, 11) is 0. The highest BCUT2D eigenvalue weighted by Gasteiger charge is 2.43. The lowest BCUT2D eigenvalue weighted by Crippen LogP contribution is -2.49. The first-order chi connectivity index (χ1) is 15.4. The molecule has 3 heterocycles. The van der Waals surface area contributed by atoms with Crippen molar-refractivity contribution < 1.29 is 23.8 Å². The number of hydrogen-bond acceptors (Lipinski definition) is 5. The smallest absolute Gasteiger partial charge is 0.411 e. The molecular formula is C24H34FN3O4. The van der Waals surface area contributed by atoms with Gasteiger partial charge in [-0.1, -0.05) is 6.92 Å². The van der Waals surface area contributed by atoms with Crippen LogP contribution in [-0.4, -0.2) is 59.9 Å². The maximum absolute atomic E-state index is 14.8. The van der Waals surface area contributed by atoms with Crippen LogP contribution in [0.5, 0.6) is 0 Å². The molecule has 3 fully saturated rings. The third kappa shape index (κ3) is 5.17. The summed E-state index contributed by atoms with van der Waals surface area (Å²) in [5, 5.41) is 12.5. The van der Waals surface area contributed by atoms with Crippen molar-refractivity contribution in [2.75, 3.05) is 29.9 Å². The number of benzene rings is 1. The van der Waals surface area contributed by atoms with Crippen LogP contribution in [0.25, 0.3) is 0 Å². The fourth-order valence-corrected chi connectivity index (χ4v) is 5.55. The SMILES string of the molecule is CCCOC(=O)Nc1ccc(N2CCCC(CC(=O)N3C4CCC3CC(O)C4)C2)c(F)c1. The van der Waals surface area contributed by atoms with E-state index in [-0.39, 0.29) is 30.0 Å². The molecule has 3 aliphatic rings. The van der Waals surface area contributed by atoms with E-state index in [4.69, 9.17) is 4.74 Å². The van der Waals surface area contributed by atoms with E-state index in [1.807, 2.05) is 16.7 Å². The van der Waals surface area contributed by atoms with Crippen molar-refractivity contribution in [2.45, 2.75) is 76.5 Å². The molecule has 2 N–H and O–H groups in total. The van der Waals surface area contributed by atoms with Crippen molar-refractivity contribution in [3.05, 3.63) is 24.0 Å². The Morgan fingerprint density at radius 2 is 1.97 bits per heavy atom. The van der Waals surface area contributed by atoms with Gasteiger partial charge in [-0.15, -0.1) is 0 Å². The number of aliphatic hydroxyl groups excluding tert-OH is 1. The van der Waals surface area contributed by atoms with Gasteiger partial charge < -0.3 is 19.6 Å². The standard InChI is InChI=1S/C24H34FN3O4/c1-2-10-32-24(31)26-17-5-8-22(21(25)12-17)27-9-3-4-16(15-27)11-23(30)28-18-6-7-19(28)14-20(29)13-18/h5,8,12,16,18-20,29H,2-4,6-7,9-11,13-15H2,1H3,(H,26,31). The number of ether oxygens (including phenoxy) is 1. The number of halogens is 1. The molecule has 1 aromatic rings. The summed E-state index contributed by atoms with van der Waals surface area (Å²) in [4.78, 5) is 28.8. The van der Waals surface area contributed by atoms with Crippen molar-refractivity contribution in [1.82, 2.24) is 4.90 Å². The van der Waals surface area contributed by atoms with Gasteiger partial charge in [-0.2, -0.15) is 0 Å². The summed E-state index contributed by atoms with van der Waals surface area (Å²) in [6.45, 7) is 3.61. The molecule has 2 amide bonds. The maximum atomic E-state index is 14.8. The average molecular weight is 448 g/mol. The van der Waals surface area contributed by atoms with Crippen molar-refractivity contribution in [1.29, 1.82) is 0 Å². The minimum Gasteiger partial charge on any atom is -0.449 e. The molecule has 4 rings (SSSR count). The fraction of sp³-hybridized carbons (Fsp3) is 0.667. The molecule has 0 spiro atoms. The van der Waals surface area contributed by atoms with E-state index >= 15 is 0 Å². The Kier molecular flexibility index (Phi) is 7.18. The van der Waals surface area contributed by atoms with E-state index in [2.05, 4.69) is 5.32 Å². The first-order valence-electron chi connectivity index (χ1n) is 11.9. The number of fused-ring (bicyclic) bond motifs is 2. The maximum Gasteiger partial charge on any atom is 0.411 e. The number of nitrogens with zero attached hydrogens (tertiary/aromatic N) is 2. The minimum absolute atomic E-state index is 0.178. The van der Waals surface area contributed by atoms with E-state index in [1.165, 1.54) is 6.07 Å². The molecule has 3 atom stereocenters. The molecule has 3 aliphatic heterocycles. The van der Waals surface area contributed by atoms with Crippen molar-refractivity contribution in [3.8, 4) is 0 Å². The molecular weight excluding hydrogens is 413 g/mol. The van der Waals surface area contributed by atoms with E-state index < -0.39 is 11.9 Å². The lowest BCUT2D eigenvalue weighted by molar-refractivity contribution is -0.138. The van der Waals surface area contributed by atoms with Crippen molar-refractivity contribution in [3.63, 3.8) is 0 Å². The Morgan fingerprint density at radius 1 is 1.22 bits per heavy atom. The molecule has 8 heteroatoms. The van der Waals surface area contributed by atoms with Crippen molar-refractivity contribution in [2.24, 2.45) is 5.92 Å². The van der Waals surface area contributed by atoms with Crippen LogP contribution in [0.3, 0.4) is 0 Å². The molecule has 32 heavy (non-hydrogen) atoms. The Balaban J connectivity index is 1.34. The van der Waals surface area contributed by atoms with Gasteiger partial charge in [-0.25, -0.2) is 9.18 Å². The van der Waals surface area contributed by atoms with Crippen LogP contribution in [0.15, 0.2) is 18.2 Å². The third-order valence-corrected chi connectivity index (χ3v) is 6.95. The van der Waals surface area contributed by atoms with Gasteiger partial charge in [0.05, 0.1) is 18.4 Å². The van der Waals surface area contributed by atoms with Gasteiger partial charge in [0.2, 0.25) is 5.91 Å². The zero-order chi connectivity index (χ0) is 22.7. The Morgan fingerprint density at radius 3 is 2.66 bits per heavy atom. The lowest BCUT2D eigenvalue weighted by Gasteiger charge is -2.39. The molecule has 0 aliphatic carbocycles. The summed E-state index contributed by atoms with van der Waals surface area (Å²) in [5.74, 6) is -0.0288. The third-order valence-electron chi connectivity index (χ3n) is 6.95. The minimum atomic E-state index is -0.588. The van der Waals surface area contributed by atoms with Gasteiger partial charge >= 0.3 is 6.09 Å². The first-order valence-corrected chi connectivity index (χ1v) is 11.9. The number of nitrogens with one attached hydrogen (secondary N) is 1. The Bertz CT molecular complexity index is 821. The molecule has 0 radical (unpaired) electrons. The fourth-order valence-electron chi connectivity index (χ4n) is 5.55. The number of piperidine rings is 2. The monoisotopic (exact) mass is 447 g/mol. The number of aliphatic hydroxyl groups is 1. The zero-order valence-electron chi connectivity index (χ0n) is 18.8. The molecule has 7 nitrogen and oxygen atoms in total. The van der Waals surface area contributed by atoms with Gasteiger partial charge in [0.1, 0.15) is 5.82 Å². The van der Waals surface area contributed by atoms with Crippen LogP contribution in [-0.2, 0) is 9.53 Å². The molecule has 1 aromatic carbocycles. The quantitative estimate of drug-likeness (QED) is 0.691. The molecule has 3 unspecified atom stereocenters. The normalized spacial score (nSPS) is 27.3. The van der Waals surface area contributed by atoms with Crippen LogP contribution in [0.4, 0.5) is 20.6 Å². The highest BCUT2D eigenvalue weighted by atomic mass is 19.1. The molecule has 3 saturated heterocycles. The van der Waals surface area contributed by atoms with Crippen LogP contribution < -0.4 is 10.2 Å². The predicted molar refractivity (Wildman–Crippen MR) is 120 cm³/mol. The lowest BCUT2D eigenvalue weighted by atomic mass is 9.92. The summed E-state index contributed by atoms with van der Waals surface area (Å²) in [5.41, 5.74) is 0.856. The summed E-state index contributed by atoms with van der Waals surface area (Å²) < 4.78 is 19.8. The highest BCUT2D eigenvalue weighted by molar-refractivity contribution is 5.85. The second-order valence-electron chi connectivity index (χ2n) is 9.40. The number of amides is 2. The highest BCUT2D eigenvalue weighted by Crippen LogP contribution is 2.37. The van der Waals surface area contributed by atoms with Crippen LogP contribution in [0, 0.1) is 11.7 Å². The molecule has 0 aromatic heterocycles. The first kappa shape index (κ1) is 22.8.